The van der Waals surface area contributed by atoms with Crippen LogP contribution >= 0.6 is 0 Å². The summed E-state index contributed by atoms with van der Waals surface area (Å²) in [5, 5.41) is 11.7. The molecule has 0 aliphatic rings. The van der Waals surface area contributed by atoms with Crippen molar-refractivity contribution in [2.24, 2.45) is 5.92 Å². The number of amides is 1. The van der Waals surface area contributed by atoms with Crippen LogP contribution in [0, 0.1) is 24.2 Å². The first-order valence-corrected chi connectivity index (χ1v) is 5.84. The molecule has 1 aromatic carbocycles. The summed E-state index contributed by atoms with van der Waals surface area (Å²) < 4.78 is 5.15. The number of nitrogens with zero attached hydrogens (tertiary/aromatic N) is 1. The van der Waals surface area contributed by atoms with Gasteiger partial charge < -0.3 is 10.1 Å². The number of aryl methyl sites for hydroxylation is 1. The Bertz CT molecular complexity index is 475. The number of rotatable bonds is 4. The first-order chi connectivity index (χ1) is 8.49. The molecule has 96 valence electrons. The number of methoxy groups -OCH3 is 1. The van der Waals surface area contributed by atoms with Crippen molar-refractivity contribution in [3.05, 3.63) is 29.3 Å². The first kappa shape index (κ1) is 14.0. The summed E-state index contributed by atoms with van der Waals surface area (Å²) in [7, 11) is 1.52. The van der Waals surface area contributed by atoms with Crippen molar-refractivity contribution in [2.75, 3.05) is 7.11 Å². The quantitative estimate of drug-likeness (QED) is 0.886. The smallest absolute Gasteiger partial charge is 0.256 e. The third-order valence-corrected chi connectivity index (χ3v) is 2.69. The van der Waals surface area contributed by atoms with Crippen molar-refractivity contribution < 1.29 is 9.53 Å². The van der Waals surface area contributed by atoms with E-state index in [4.69, 9.17) is 10.00 Å². The highest BCUT2D eigenvalue weighted by atomic mass is 16.5. The number of ether oxygens (including phenoxy) is 1. The van der Waals surface area contributed by atoms with Gasteiger partial charge in [-0.05, 0) is 25.0 Å². The van der Waals surface area contributed by atoms with Gasteiger partial charge in [-0.1, -0.05) is 25.5 Å². The van der Waals surface area contributed by atoms with Gasteiger partial charge in [-0.25, -0.2) is 0 Å². The molecule has 0 heterocycles. The van der Waals surface area contributed by atoms with Gasteiger partial charge in [0.1, 0.15) is 11.8 Å². The van der Waals surface area contributed by atoms with Gasteiger partial charge in [0.15, 0.2) is 0 Å². The largest absolute Gasteiger partial charge is 0.496 e. The predicted molar refractivity (Wildman–Crippen MR) is 69.4 cm³/mol. The summed E-state index contributed by atoms with van der Waals surface area (Å²) >= 11 is 0. The molecule has 1 aromatic rings. The minimum atomic E-state index is -0.497. The number of carbonyl (C=O) groups excluding carboxylic acids is 1. The lowest BCUT2D eigenvalue weighted by atomic mass is 10.0. The zero-order valence-corrected chi connectivity index (χ0v) is 11.2. The van der Waals surface area contributed by atoms with E-state index in [0.717, 1.165) is 5.56 Å². The molecule has 4 heteroatoms. The zero-order chi connectivity index (χ0) is 13.7. The maximum Gasteiger partial charge on any atom is 0.256 e. The Morgan fingerprint density at radius 3 is 2.61 bits per heavy atom. The maximum atomic E-state index is 12.1. The topological polar surface area (TPSA) is 62.1 Å². The lowest BCUT2D eigenvalue weighted by Gasteiger charge is -2.16. The van der Waals surface area contributed by atoms with Crippen LogP contribution in [0.4, 0.5) is 0 Å². The number of carbonyl (C=O) groups is 1. The van der Waals surface area contributed by atoms with Crippen molar-refractivity contribution in [2.45, 2.75) is 26.8 Å². The molecule has 0 fully saturated rings. The monoisotopic (exact) mass is 246 g/mol. The van der Waals surface area contributed by atoms with Crippen LogP contribution in [0.3, 0.4) is 0 Å². The Kier molecular flexibility index (Phi) is 4.73. The Morgan fingerprint density at radius 1 is 1.44 bits per heavy atom. The molecule has 18 heavy (non-hydrogen) atoms. The molecule has 1 N–H and O–H groups in total. The second-order valence-electron chi connectivity index (χ2n) is 4.53. The average molecular weight is 246 g/mol. The summed E-state index contributed by atoms with van der Waals surface area (Å²) in [5.41, 5.74) is 1.43. The first-order valence-electron chi connectivity index (χ1n) is 5.84. The molecular weight excluding hydrogens is 228 g/mol. The van der Waals surface area contributed by atoms with Crippen molar-refractivity contribution in [1.29, 1.82) is 5.26 Å². The highest BCUT2D eigenvalue weighted by Crippen LogP contribution is 2.19. The molecule has 0 aliphatic heterocycles. The van der Waals surface area contributed by atoms with Gasteiger partial charge in [-0.3, -0.25) is 4.79 Å². The molecule has 4 nitrogen and oxygen atoms in total. The third kappa shape index (κ3) is 3.24. The molecule has 0 radical (unpaired) electrons. The highest BCUT2D eigenvalue weighted by Gasteiger charge is 2.19. The molecule has 1 unspecified atom stereocenters. The van der Waals surface area contributed by atoms with E-state index in [0.29, 0.717) is 11.3 Å². The lowest BCUT2D eigenvalue weighted by molar-refractivity contribution is 0.0934. The molecule has 0 aliphatic carbocycles. The maximum absolute atomic E-state index is 12.1. The van der Waals surface area contributed by atoms with Crippen molar-refractivity contribution in [1.82, 2.24) is 5.32 Å². The standard InChI is InChI=1S/C14H18N2O2/c1-9(2)12(8-15)16-14(17)11-7-10(3)5-6-13(11)18-4/h5-7,9,12H,1-4H3,(H,16,17). The molecule has 0 bridgehead atoms. The Labute approximate surface area is 108 Å². The molecule has 0 spiro atoms. The fraction of sp³-hybridized carbons (Fsp3) is 0.429. The molecule has 0 saturated heterocycles. The summed E-state index contributed by atoms with van der Waals surface area (Å²) in [6.45, 7) is 5.68. The van der Waals surface area contributed by atoms with Crippen LogP contribution in [0.2, 0.25) is 0 Å². The number of hydrogen-bond acceptors (Lipinski definition) is 3. The number of nitrogens with one attached hydrogen (secondary N) is 1. The molecule has 1 rings (SSSR count). The van der Waals surface area contributed by atoms with E-state index in [9.17, 15) is 4.79 Å². The molecule has 0 aromatic heterocycles. The van der Waals surface area contributed by atoms with E-state index in [2.05, 4.69) is 11.4 Å². The normalized spacial score (nSPS) is 11.8. The molecule has 0 saturated carbocycles. The summed E-state index contributed by atoms with van der Waals surface area (Å²) in [6, 6.07) is 6.96. The Hall–Kier alpha value is -2.02. The number of hydrogen-bond donors (Lipinski definition) is 1. The summed E-state index contributed by atoms with van der Waals surface area (Å²) in [4.78, 5) is 12.1. The van der Waals surface area contributed by atoms with E-state index in [1.165, 1.54) is 7.11 Å². The average Bonchev–Trinajstić information content (AvgIpc) is 2.35. The fourth-order valence-electron chi connectivity index (χ4n) is 1.57. The molecule has 1 atom stereocenters. The number of benzene rings is 1. The van der Waals surface area contributed by atoms with E-state index in [1.54, 1.807) is 12.1 Å². The van der Waals surface area contributed by atoms with E-state index in [1.807, 2.05) is 26.8 Å². The van der Waals surface area contributed by atoms with Crippen LogP contribution in [0.1, 0.15) is 29.8 Å². The van der Waals surface area contributed by atoms with Crippen LogP contribution in [-0.2, 0) is 0 Å². The van der Waals surface area contributed by atoms with E-state index < -0.39 is 6.04 Å². The molecule has 1 amide bonds. The Balaban J connectivity index is 2.97. The highest BCUT2D eigenvalue weighted by molar-refractivity contribution is 5.97. The predicted octanol–water partition coefficient (Wildman–Crippen LogP) is 2.28. The van der Waals surface area contributed by atoms with Gasteiger partial charge in [0.25, 0.3) is 5.91 Å². The van der Waals surface area contributed by atoms with Gasteiger partial charge in [0.2, 0.25) is 0 Å². The van der Waals surface area contributed by atoms with E-state index in [-0.39, 0.29) is 11.8 Å². The van der Waals surface area contributed by atoms with Gasteiger partial charge in [0, 0.05) is 0 Å². The van der Waals surface area contributed by atoms with Crippen LogP contribution in [-0.4, -0.2) is 19.1 Å². The second-order valence-corrected chi connectivity index (χ2v) is 4.53. The fourth-order valence-corrected chi connectivity index (χ4v) is 1.57. The lowest BCUT2D eigenvalue weighted by Crippen LogP contribution is -2.37. The van der Waals surface area contributed by atoms with Gasteiger partial charge >= 0.3 is 0 Å². The Morgan fingerprint density at radius 2 is 2.11 bits per heavy atom. The minimum Gasteiger partial charge on any atom is -0.496 e. The van der Waals surface area contributed by atoms with Crippen molar-refractivity contribution in [3.8, 4) is 11.8 Å². The van der Waals surface area contributed by atoms with Crippen molar-refractivity contribution >= 4 is 5.91 Å². The SMILES string of the molecule is COc1ccc(C)cc1C(=O)NC(C#N)C(C)C. The zero-order valence-electron chi connectivity index (χ0n) is 11.2. The van der Waals surface area contributed by atoms with Gasteiger partial charge in [0.05, 0.1) is 18.7 Å². The summed E-state index contributed by atoms with van der Waals surface area (Å²) in [6.07, 6.45) is 0. The van der Waals surface area contributed by atoms with Crippen LogP contribution < -0.4 is 10.1 Å². The number of nitriles is 1. The molecular formula is C14H18N2O2. The third-order valence-electron chi connectivity index (χ3n) is 2.69. The van der Waals surface area contributed by atoms with Gasteiger partial charge in [-0.15, -0.1) is 0 Å². The summed E-state index contributed by atoms with van der Waals surface area (Å²) in [5.74, 6) is 0.295. The minimum absolute atomic E-state index is 0.0646. The second kappa shape index (κ2) is 6.06. The van der Waals surface area contributed by atoms with Crippen molar-refractivity contribution in [3.63, 3.8) is 0 Å². The van der Waals surface area contributed by atoms with Gasteiger partial charge in [-0.2, -0.15) is 5.26 Å². The van der Waals surface area contributed by atoms with Crippen LogP contribution in [0.5, 0.6) is 5.75 Å². The van der Waals surface area contributed by atoms with Crippen LogP contribution in [0.15, 0.2) is 18.2 Å². The van der Waals surface area contributed by atoms with E-state index >= 15 is 0 Å². The van der Waals surface area contributed by atoms with Crippen LogP contribution in [0.25, 0.3) is 0 Å².